The average Bonchev–Trinajstić information content (AvgIpc) is 2.25. The molecule has 3 N–H and O–H groups in total. The molecule has 0 aliphatic rings. The zero-order valence-electron chi connectivity index (χ0n) is 9.89. The molecule has 18 heavy (non-hydrogen) atoms. The Labute approximate surface area is 109 Å². The van der Waals surface area contributed by atoms with Gasteiger partial charge in [-0.1, -0.05) is 0 Å². The lowest BCUT2D eigenvalue weighted by Gasteiger charge is -2.24. The van der Waals surface area contributed by atoms with Gasteiger partial charge < -0.3 is 11.1 Å². The molecule has 0 radical (unpaired) electrons. The molecular formula is C11H14ClF3N2O. The molecule has 102 valence electrons. The summed E-state index contributed by atoms with van der Waals surface area (Å²) in [7, 11) is 0. The van der Waals surface area contributed by atoms with Gasteiger partial charge in [0, 0.05) is 12.1 Å². The van der Waals surface area contributed by atoms with Gasteiger partial charge in [0.05, 0.1) is 5.56 Å². The van der Waals surface area contributed by atoms with Crippen molar-refractivity contribution < 1.29 is 18.0 Å². The SMILES string of the molecule is CC(C)(CN)NC(=O)c1ccc(F)c(F)c1F.Cl. The summed E-state index contributed by atoms with van der Waals surface area (Å²) in [5, 5.41) is 2.42. The molecule has 0 unspecified atom stereocenters. The summed E-state index contributed by atoms with van der Waals surface area (Å²) in [5.74, 6) is -5.34. The van der Waals surface area contributed by atoms with E-state index in [1.807, 2.05) is 0 Å². The molecule has 7 heteroatoms. The summed E-state index contributed by atoms with van der Waals surface area (Å²) in [6.45, 7) is 3.38. The van der Waals surface area contributed by atoms with Crippen molar-refractivity contribution >= 4 is 18.3 Å². The lowest BCUT2D eigenvalue weighted by atomic mass is 10.0. The van der Waals surface area contributed by atoms with Crippen LogP contribution in [0.25, 0.3) is 0 Å². The van der Waals surface area contributed by atoms with Crippen LogP contribution in [0.15, 0.2) is 12.1 Å². The van der Waals surface area contributed by atoms with E-state index in [-0.39, 0.29) is 19.0 Å². The van der Waals surface area contributed by atoms with Crippen molar-refractivity contribution in [1.82, 2.24) is 5.32 Å². The molecule has 0 aliphatic heterocycles. The van der Waals surface area contributed by atoms with Gasteiger partial charge in [-0.25, -0.2) is 13.2 Å². The van der Waals surface area contributed by atoms with E-state index in [9.17, 15) is 18.0 Å². The van der Waals surface area contributed by atoms with E-state index in [0.29, 0.717) is 6.07 Å². The third-order valence-electron chi connectivity index (χ3n) is 2.24. The van der Waals surface area contributed by atoms with Crippen LogP contribution >= 0.6 is 12.4 Å². The fraction of sp³-hybridized carbons (Fsp3) is 0.364. The topological polar surface area (TPSA) is 55.1 Å². The Morgan fingerprint density at radius 3 is 2.33 bits per heavy atom. The molecule has 3 nitrogen and oxygen atoms in total. The third-order valence-corrected chi connectivity index (χ3v) is 2.24. The highest BCUT2D eigenvalue weighted by molar-refractivity contribution is 5.95. The maximum absolute atomic E-state index is 13.3. The highest BCUT2D eigenvalue weighted by Gasteiger charge is 2.23. The van der Waals surface area contributed by atoms with Crippen molar-refractivity contribution in [3.63, 3.8) is 0 Å². The van der Waals surface area contributed by atoms with Crippen molar-refractivity contribution in [1.29, 1.82) is 0 Å². The number of benzene rings is 1. The molecule has 1 rings (SSSR count). The Balaban J connectivity index is 0.00000289. The van der Waals surface area contributed by atoms with Gasteiger partial charge in [0.2, 0.25) is 0 Å². The van der Waals surface area contributed by atoms with Gasteiger partial charge in [-0.3, -0.25) is 4.79 Å². The molecule has 1 amide bonds. The van der Waals surface area contributed by atoms with Crippen molar-refractivity contribution in [2.45, 2.75) is 19.4 Å². The first-order chi connectivity index (χ1) is 7.78. The summed E-state index contributed by atoms with van der Waals surface area (Å²) in [6.07, 6.45) is 0. The number of hydrogen-bond acceptors (Lipinski definition) is 2. The standard InChI is InChI=1S/C11H13F3N2O.ClH/c1-11(2,5-15)16-10(17)6-3-4-7(12)9(14)8(6)13;/h3-4H,5,15H2,1-2H3,(H,16,17);1H. The van der Waals surface area contributed by atoms with Crippen LogP contribution in [0.4, 0.5) is 13.2 Å². The summed E-state index contributed by atoms with van der Waals surface area (Å²) in [5.41, 5.74) is 4.08. The molecule has 0 fully saturated rings. The third kappa shape index (κ3) is 3.61. The minimum absolute atomic E-state index is 0. The molecule has 0 aromatic heterocycles. The predicted molar refractivity (Wildman–Crippen MR) is 64.2 cm³/mol. The number of carbonyl (C=O) groups is 1. The molecule has 0 atom stereocenters. The van der Waals surface area contributed by atoms with E-state index >= 15 is 0 Å². The lowest BCUT2D eigenvalue weighted by molar-refractivity contribution is 0.0910. The quantitative estimate of drug-likeness (QED) is 0.833. The molecule has 1 aromatic carbocycles. The van der Waals surface area contributed by atoms with Gasteiger partial charge in [-0.15, -0.1) is 12.4 Å². The van der Waals surface area contributed by atoms with Crippen molar-refractivity contribution in [2.75, 3.05) is 6.54 Å². The predicted octanol–water partition coefficient (Wildman–Crippen LogP) is 1.99. The van der Waals surface area contributed by atoms with E-state index in [4.69, 9.17) is 5.73 Å². The number of halogens is 4. The van der Waals surface area contributed by atoms with Crippen LogP contribution in [0.1, 0.15) is 24.2 Å². The Bertz CT molecular complexity index is 452. The molecule has 0 aliphatic carbocycles. The van der Waals surface area contributed by atoms with Crippen LogP contribution in [-0.2, 0) is 0 Å². The fourth-order valence-corrected chi connectivity index (χ4v) is 1.13. The average molecular weight is 283 g/mol. The molecule has 0 spiro atoms. The highest BCUT2D eigenvalue weighted by atomic mass is 35.5. The van der Waals surface area contributed by atoms with Crippen LogP contribution in [0.5, 0.6) is 0 Å². The number of nitrogens with two attached hydrogens (primary N) is 1. The number of amides is 1. The van der Waals surface area contributed by atoms with E-state index in [0.717, 1.165) is 6.07 Å². The van der Waals surface area contributed by atoms with Gasteiger partial charge in [0.15, 0.2) is 17.5 Å². The number of nitrogens with one attached hydrogen (secondary N) is 1. The van der Waals surface area contributed by atoms with Crippen molar-refractivity contribution in [2.24, 2.45) is 5.73 Å². The fourth-order valence-electron chi connectivity index (χ4n) is 1.13. The minimum Gasteiger partial charge on any atom is -0.346 e. The summed E-state index contributed by atoms with van der Waals surface area (Å²) >= 11 is 0. The summed E-state index contributed by atoms with van der Waals surface area (Å²) in [6, 6.07) is 1.58. The van der Waals surface area contributed by atoms with Crippen LogP contribution in [0, 0.1) is 17.5 Å². The Morgan fingerprint density at radius 2 is 1.83 bits per heavy atom. The number of carbonyl (C=O) groups excluding carboxylic acids is 1. The molecule has 0 heterocycles. The largest absolute Gasteiger partial charge is 0.346 e. The molecule has 0 saturated carbocycles. The minimum atomic E-state index is -1.66. The van der Waals surface area contributed by atoms with Gasteiger partial charge in [0.1, 0.15) is 0 Å². The monoisotopic (exact) mass is 282 g/mol. The summed E-state index contributed by atoms with van der Waals surface area (Å²) < 4.78 is 38.9. The maximum Gasteiger partial charge on any atom is 0.254 e. The van der Waals surface area contributed by atoms with Crippen LogP contribution in [-0.4, -0.2) is 18.0 Å². The maximum atomic E-state index is 13.3. The Kier molecular flexibility index (Phi) is 5.63. The van der Waals surface area contributed by atoms with Gasteiger partial charge in [-0.2, -0.15) is 0 Å². The first-order valence-electron chi connectivity index (χ1n) is 4.94. The Hall–Kier alpha value is -1.27. The molecule has 0 saturated heterocycles. The normalized spacial score (nSPS) is 10.8. The molecule has 1 aromatic rings. The second-order valence-electron chi connectivity index (χ2n) is 4.27. The van der Waals surface area contributed by atoms with E-state index < -0.39 is 34.5 Å². The van der Waals surface area contributed by atoms with Crippen molar-refractivity contribution in [3.05, 3.63) is 35.1 Å². The van der Waals surface area contributed by atoms with Crippen LogP contribution in [0.2, 0.25) is 0 Å². The zero-order chi connectivity index (χ0) is 13.2. The number of hydrogen-bond donors (Lipinski definition) is 2. The Morgan fingerprint density at radius 1 is 1.28 bits per heavy atom. The molecular weight excluding hydrogens is 269 g/mol. The van der Waals surface area contributed by atoms with Gasteiger partial charge >= 0.3 is 0 Å². The first-order valence-corrected chi connectivity index (χ1v) is 4.94. The van der Waals surface area contributed by atoms with Gasteiger partial charge in [0.25, 0.3) is 5.91 Å². The van der Waals surface area contributed by atoms with Gasteiger partial charge in [-0.05, 0) is 26.0 Å². The first kappa shape index (κ1) is 16.7. The van der Waals surface area contributed by atoms with Crippen LogP contribution < -0.4 is 11.1 Å². The smallest absolute Gasteiger partial charge is 0.254 e. The zero-order valence-corrected chi connectivity index (χ0v) is 10.7. The number of rotatable bonds is 3. The lowest BCUT2D eigenvalue weighted by Crippen LogP contribution is -2.49. The van der Waals surface area contributed by atoms with E-state index in [1.165, 1.54) is 0 Å². The van der Waals surface area contributed by atoms with E-state index in [2.05, 4.69) is 5.32 Å². The van der Waals surface area contributed by atoms with Crippen molar-refractivity contribution in [3.8, 4) is 0 Å². The second-order valence-corrected chi connectivity index (χ2v) is 4.27. The highest BCUT2D eigenvalue weighted by Crippen LogP contribution is 2.15. The summed E-state index contributed by atoms with van der Waals surface area (Å²) in [4.78, 5) is 11.6. The second kappa shape index (κ2) is 6.06. The molecule has 0 bridgehead atoms. The van der Waals surface area contributed by atoms with E-state index in [1.54, 1.807) is 13.8 Å². The van der Waals surface area contributed by atoms with Crippen LogP contribution in [0.3, 0.4) is 0 Å².